The molecule has 0 aliphatic rings. The average molecular weight is 274 g/mol. The number of nitrogens with one attached hydrogen (secondary N) is 2. The molecular formula is C14H18N4O2. The number of aromatic nitrogens is 3. The van der Waals surface area contributed by atoms with E-state index in [9.17, 15) is 9.59 Å². The number of pyridine rings is 1. The number of hydrogen-bond acceptors (Lipinski definition) is 3. The number of aromatic amines is 1. The number of imidazole rings is 1. The fourth-order valence-electron chi connectivity index (χ4n) is 1.94. The van der Waals surface area contributed by atoms with Crippen LogP contribution in [0, 0.1) is 13.8 Å². The zero-order chi connectivity index (χ0) is 14.5. The number of aryl methyl sites for hydroxylation is 1. The Morgan fingerprint density at radius 3 is 2.80 bits per heavy atom. The molecule has 0 aliphatic carbocycles. The van der Waals surface area contributed by atoms with Gasteiger partial charge in [0.05, 0.1) is 12.2 Å². The van der Waals surface area contributed by atoms with Gasteiger partial charge in [-0.15, -0.1) is 0 Å². The third kappa shape index (κ3) is 3.34. The van der Waals surface area contributed by atoms with E-state index in [2.05, 4.69) is 15.3 Å². The maximum absolute atomic E-state index is 11.8. The first-order valence-electron chi connectivity index (χ1n) is 6.50. The maximum atomic E-state index is 11.8. The van der Waals surface area contributed by atoms with Gasteiger partial charge < -0.3 is 10.3 Å². The molecule has 0 spiro atoms. The number of nitrogens with zero attached hydrogens (tertiary/aromatic N) is 2. The second kappa shape index (κ2) is 6.18. The van der Waals surface area contributed by atoms with E-state index in [1.807, 2.05) is 32.0 Å². The lowest BCUT2D eigenvalue weighted by atomic mass is 10.3. The summed E-state index contributed by atoms with van der Waals surface area (Å²) in [7, 11) is 0. The summed E-state index contributed by atoms with van der Waals surface area (Å²) in [6, 6.07) is 5.55. The number of carbonyl (C=O) groups is 1. The lowest BCUT2D eigenvalue weighted by Crippen LogP contribution is -2.27. The molecule has 2 heterocycles. The van der Waals surface area contributed by atoms with Gasteiger partial charge in [-0.3, -0.25) is 14.3 Å². The molecular weight excluding hydrogens is 256 g/mol. The van der Waals surface area contributed by atoms with Crippen molar-refractivity contribution in [1.82, 2.24) is 19.9 Å². The zero-order valence-electron chi connectivity index (χ0n) is 11.6. The van der Waals surface area contributed by atoms with Crippen molar-refractivity contribution < 1.29 is 4.79 Å². The highest BCUT2D eigenvalue weighted by molar-refractivity contribution is 5.75. The molecule has 0 bridgehead atoms. The highest BCUT2D eigenvalue weighted by atomic mass is 16.2. The minimum Gasteiger partial charge on any atom is -0.350 e. The fourth-order valence-corrected chi connectivity index (χ4v) is 1.94. The number of H-pyrrole nitrogens is 1. The van der Waals surface area contributed by atoms with E-state index in [-0.39, 0.29) is 18.0 Å². The van der Waals surface area contributed by atoms with Gasteiger partial charge in [0, 0.05) is 30.6 Å². The van der Waals surface area contributed by atoms with Gasteiger partial charge in [-0.25, -0.2) is 4.79 Å². The predicted octanol–water partition coefficient (Wildman–Crippen LogP) is 0.895. The molecule has 2 rings (SSSR count). The molecule has 2 aromatic rings. The number of carbonyl (C=O) groups excluding carboxylic acids is 1. The van der Waals surface area contributed by atoms with Crippen LogP contribution in [0.4, 0.5) is 0 Å². The van der Waals surface area contributed by atoms with Crippen LogP contribution in [0.3, 0.4) is 0 Å². The minimum atomic E-state index is -0.169. The van der Waals surface area contributed by atoms with Crippen molar-refractivity contribution in [3.63, 3.8) is 0 Å². The van der Waals surface area contributed by atoms with Crippen LogP contribution in [-0.2, 0) is 17.9 Å². The molecule has 106 valence electrons. The second-order valence-corrected chi connectivity index (χ2v) is 4.64. The molecule has 6 nitrogen and oxygen atoms in total. The first kappa shape index (κ1) is 14.0. The molecule has 0 saturated heterocycles. The van der Waals surface area contributed by atoms with Crippen LogP contribution in [0.1, 0.15) is 23.5 Å². The molecule has 0 unspecified atom stereocenters. The number of hydrogen-bond donors (Lipinski definition) is 2. The van der Waals surface area contributed by atoms with Crippen molar-refractivity contribution in [1.29, 1.82) is 0 Å². The van der Waals surface area contributed by atoms with Crippen molar-refractivity contribution in [2.45, 2.75) is 33.4 Å². The number of rotatable bonds is 5. The van der Waals surface area contributed by atoms with Crippen LogP contribution in [0.5, 0.6) is 0 Å². The van der Waals surface area contributed by atoms with Crippen LogP contribution in [0.15, 0.2) is 29.2 Å². The molecule has 2 aromatic heterocycles. The lowest BCUT2D eigenvalue weighted by molar-refractivity contribution is -0.121. The van der Waals surface area contributed by atoms with Gasteiger partial charge in [0.15, 0.2) is 0 Å². The third-order valence-electron chi connectivity index (χ3n) is 3.24. The lowest BCUT2D eigenvalue weighted by Gasteiger charge is -2.06. The van der Waals surface area contributed by atoms with E-state index in [0.29, 0.717) is 13.1 Å². The molecule has 0 fully saturated rings. The molecule has 0 saturated carbocycles. The Hall–Kier alpha value is -2.37. The molecule has 0 atom stereocenters. The van der Waals surface area contributed by atoms with E-state index in [4.69, 9.17) is 0 Å². The molecule has 20 heavy (non-hydrogen) atoms. The Bertz CT molecular complexity index is 643. The van der Waals surface area contributed by atoms with Crippen LogP contribution in [0.25, 0.3) is 0 Å². The smallest absolute Gasteiger partial charge is 0.325 e. The molecule has 6 heteroatoms. The van der Waals surface area contributed by atoms with Crippen molar-refractivity contribution in [2.75, 3.05) is 0 Å². The Kier molecular flexibility index (Phi) is 4.34. The molecule has 0 radical (unpaired) electrons. The summed E-state index contributed by atoms with van der Waals surface area (Å²) >= 11 is 0. The van der Waals surface area contributed by atoms with Gasteiger partial charge in [0.25, 0.3) is 0 Å². The van der Waals surface area contributed by atoms with Gasteiger partial charge in [-0.1, -0.05) is 6.07 Å². The largest absolute Gasteiger partial charge is 0.350 e. The summed E-state index contributed by atoms with van der Waals surface area (Å²) in [6.07, 6.45) is 1.96. The highest BCUT2D eigenvalue weighted by Crippen LogP contribution is 2.01. The van der Waals surface area contributed by atoms with E-state index < -0.39 is 0 Å². The van der Waals surface area contributed by atoms with Gasteiger partial charge >= 0.3 is 5.69 Å². The molecule has 2 N–H and O–H groups in total. The summed E-state index contributed by atoms with van der Waals surface area (Å²) in [5.41, 5.74) is 2.35. The first-order valence-corrected chi connectivity index (χ1v) is 6.50. The predicted molar refractivity (Wildman–Crippen MR) is 75.2 cm³/mol. The van der Waals surface area contributed by atoms with Gasteiger partial charge in [0.1, 0.15) is 0 Å². The summed E-state index contributed by atoms with van der Waals surface area (Å²) in [5, 5.41) is 2.79. The Morgan fingerprint density at radius 2 is 2.20 bits per heavy atom. The van der Waals surface area contributed by atoms with Crippen molar-refractivity contribution >= 4 is 5.91 Å². The van der Waals surface area contributed by atoms with Crippen molar-refractivity contribution in [3.05, 3.63) is 52.0 Å². The highest BCUT2D eigenvalue weighted by Gasteiger charge is 2.08. The van der Waals surface area contributed by atoms with E-state index in [1.165, 1.54) is 0 Å². The summed E-state index contributed by atoms with van der Waals surface area (Å²) in [5.74, 6) is -0.0965. The first-order chi connectivity index (χ1) is 9.58. The Morgan fingerprint density at radius 1 is 1.40 bits per heavy atom. The van der Waals surface area contributed by atoms with Crippen LogP contribution in [-0.4, -0.2) is 20.4 Å². The summed E-state index contributed by atoms with van der Waals surface area (Å²) in [6.45, 7) is 4.48. The standard InChI is InChI=1S/C14H18N4O2/c1-10-11(2)18(14(20)17-10)8-6-13(19)16-9-12-5-3-4-7-15-12/h3-5,7H,6,8-9H2,1-2H3,(H,16,19)(H,17,20). The molecule has 0 aromatic carbocycles. The molecule has 0 aliphatic heterocycles. The van der Waals surface area contributed by atoms with Gasteiger partial charge in [0.2, 0.25) is 5.91 Å². The Balaban J connectivity index is 1.85. The van der Waals surface area contributed by atoms with Gasteiger partial charge in [-0.05, 0) is 26.0 Å². The van der Waals surface area contributed by atoms with Crippen LogP contribution in [0.2, 0.25) is 0 Å². The maximum Gasteiger partial charge on any atom is 0.325 e. The van der Waals surface area contributed by atoms with Gasteiger partial charge in [-0.2, -0.15) is 0 Å². The Labute approximate surface area is 116 Å². The minimum absolute atomic E-state index is 0.0965. The quantitative estimate of drug-likeness (QED) is 0.850. The van der Waals surface area contributed by atoms with Crippen LogP contribution >= 0.6 is 0 Å². The van der Waals surface area contributed by atoms with E-state index >= 15 is 0 Å². The van der Waals surface area contributed by atoms with E-state index in [0.717, 1.165) is 17.1 Å². The van der Waals surface area contributed by atoms with Crippen molar-refractivity contribution in [2.24, 2.45) is 0 Å². The van der Waals surface area contributed by atoms with E-state index in [1.54, 1.807) is 10.8 Å². The summed E-state index contributed by atoms with van der Waals surface area (Å²) < 4.78 is 1.58. The average Bonchev–Trinajstić information content (AvgIpc) is 2.69. The zero-order valence-corrected chi connectivity index (χ0v) is 11.6. The topological polar surface area (TPSA) is 79.8 Å². The number of amides is 1. The normalized spacial score (nSPS) is 10.5. The monoisotopic (exact) mass is 274 g/mol. The SMILES string of the molecule is Cc1[nH]c(=O)n(CCC(=O)NCc2ccccn2)c1C. The fraction of sp³-hybridized carbons (Fsp3) is 0.357. The summed E-state index contributed by atoms with van der Waals surface area (Å²) in [4.78, 5) is 30.2. The van der Waals surface area contributed by atoms with Crippen LogP contribution < -0.4 is 11.0 Å². The second-order valence-electron chi connectivity index (χ2n) is 4.64. The molecule has 1 amide bonds. The third-order valence-corrected chi connectivity index (χ3v) is 3.24. The van der Waals surface area contributed by atoms with Crippen molar-refractivity contribution in [3.8, 4) is 0 Å².